The van der Waals surface area contributed by atoms with Gasteiger partial charge in [-0.25, -0.2) is 13.2 Å². The predicted octanol–water partition coefficient (Wildman–Crippen LogP) is 6.70. The molecule has 8 nitrogen and oxygen atoms in total. The highest BCUT2D eigenvalue weighted by molar-refractivity contribution is 7.92. The van der Waals surface area contributed by atoms with E-state index in [-0.39, 0.29) is 23.8 Å². The van der Waals surface area contributed by atoms with Crippen molar-refractivity contribution in [2.24, 2.45) is 0 Å². The highest BCUT2D eigenvalue weighted by Crippen LogP contribution is 2.39. The Morgan fingerprint density at radius 3 is 2.35 bits per heavy atom. The van der Waals surface area contributed by atoms with E-state index in [0.717, 1.165) is 30.0 Å². The summed E-state index contributed by atoms with van der Waals surface area (Å²) in [5, 5.41) is 8.80. The molecule has 1 aromatic heterocycles. The maximum absolute atomic E-state index is 13.7. The standard InChI is InChI=1S/C31H30F3N5O3S/c1-20(37-23-9-10-23)26-6-2-3-7-27(26)28-15-8-22(31(32,33)34)17-29(28)43(41,42)39-25-13-11-24(12-14-25)38-30(40)36-19-21-5-4-16-35-18-21/h2-8,11-18,20,23,37,39H,9-10,19H2,1H3,(H2,36,38,40). The molecule has 1 unspecified atom stereocenters. The number of anilines is 2. The van der Waals surface area contributed by atoms with Crippen LogP contribution in [-0.2, 0) is 22.7 Å². The molecule has 12 heteroatoms. The number of aromatic nitrogens is 1. The summed E-state index contributed by atoms with van der Waals surface area (Å²) in [7, 11) is -4.48. The Balaban J connectivity index is 1.38. The quantitative estimate of drug-likeness (QED) is 0.160. The predicted molar refractivity (Wildman–Crippen MR) is 159 cm³/mol. The van der Waals surface area contributed by atoms with Crippen molar-refractivity contribution in [3.63, 3.8) is 0 Å². The molecule has 1 heterocycles. The number of hydrogen-bond donors (Lipinski definition) is 4. The normalized spacial score (nSPS) is 14.1. The zero-order valence-electron chi connectivity index (χ0n) is 23.2. The van der Waals surface area contributed by atoms with Crippen molar-refractivity contribution in [2.45, 2.75) is 49.5 Å². The molecule has 224 valence electrons. The molecule has 43 heavy (non-hydrogen) atoms. The third kappa shape index (κ3) is 7.70. The third-order valence-corrected chi connectivity index (χ3v) is 8.37. The maximum atomic E-state index is 13.7. The van der Waals surface area contributed by atoms with Crippen LogP contribution in [0.25, 0.3) is 11.1 Å². The van der Waals surface area contributed by atoms with Crippen LogP contribution in [0.2, 0.25) is 0 Å². The Labute approximate surface area is 247 Å². The van der Waals surface area contributed by atoms with Crippen LogP contribution in [0.1, 0.15) is 42.5 Å². The van der Waals surface area contributed by atoms with E-state index in [4.69, 9.17) is 0 Å². The second-order valence-corrected chi connectivity index (χ2v) is 12.0. The maximum Gasteiger partial charge on any atom is 0.416 e. The Morgan fingerprint density at radius 1 is 0.953 bits per heavy atom. The van der Waals surface area contributed by atoms with Crippen molar-refractivity contribution >= 4 is 27.4 Å². The van der Waals surface area contributed by atoms with E-state index in [1.165, 1.54) is 30.3 Å². The zero-order chi connectivity index (χ0) is 30.6. The summed E-state index contributed by atoms with van der Waals surface area (Å²) in [6.45, 7) is 2.21. The van der Waals surface area contributed by atoms with Crippen LogP contribution in [-0.4, -0.2) is 25.5 Å². The first-order valence-corrected chi connectivity index (χ1v) is 15.1. The van der Waals surface area contributed by atoms with Gasteiger partial charge < -0.3 is 16.0 Å². The van der Waals surface area contributed by atoms with Gasteiger partial charge in [-0.3, -0.25) is 9.71 Å². The molecule has 2 amide bonds. The first-order valence-electron chi connectivity index (χ1n) is 13.6. The summed E-state index contributed by atoms with van der Waals surface area (Å²) in [4.78, 5) is 15.7. The Hall–Kier alpha value is -4.42. The molecule has 5 rings (SSSR count). The minimum absolute atomic E-state index is 0.113. The van der Waals surface area contributed by atoms with Crippen LogP contribution in [0.3, 0.4) is 0 Å². The average molecular weight is 610 g/mol. The molecule has 1 atom stereocenters. The van der Waals surface area contributed by atoms with Gasteiger partial charge >= 0.3 is 12.2 Å². The van der Waals surface area contributed by atoms with Gasteiger partial charge in [-0.05, 0) is 78.9 Å². The van der Waals surface area contributed by atoms with Gasteiger partial charge in [0.1, 0.15) is 0 Å². The van der Waals surface area contributed by atoms with E-state index in [2.05, 4.69) is 25.7 Å². The molecular weight excluding hydrogens is 579 g/mol. The van der Waals surface area contributed by atoms with E-state index in [0.29, 0.717) is 23.4 Å². The number of pyridine rings is 1. The summed E-state index contributed by atoms with van der Waals surface area (Å²) < 4.78 is 70.8. The molecule has 4 aromatic rings. The van der Waals surface area contributed by atoms with E-state index < -0.39 is 32.7 Å². The largest absolute Gasteiger partial charge is 0.416 e. The number of nitrogens with zero attached hydrogens (tertiary/aromatic N) is 1. The fourth-order valence-corrected chi connectivity index (χ4v) is 5.95. The van der Waals surface area contributed by atoms with Crippen LogP contribution in [0.4, 0.5) is 29.3 Å². The lowest BCUT2D eigenvalue weighted by molar-refractivity contribution is -0.137. The van der Waals surface area contributed by atoms with Crippen LogP contribution < -0.4 is 20.7 Å². The second kappa shape index (κ2) is 12.4. The number of sulfonamides is 1. The van der Waals surface area contributed by atoms with Crippen LogP contribution in [0.15, 0.2) is 96.2 Å². The SMILES string of the molecule is CC(NC1CC1)c1ccccc1-c1ccc(C(F)(F)F)cc1S(=O)(=O)Nc1ccc(NC(=O)NCc2cccnc2)cc1. The summed E-state index contributed by atoms with van der Waals surface area (Å²) in [5.41, 5.74) is 1.70. The van der Waals surface area contributed by atoms with Gasteiger partial charge in [-0.15, -0.1) is 0 Å². The number of rotatable bonds is 10. The molecule has 0 bridgehead atoms. The third-order valence-electron chi connectivity index (χ3n) is 6.95. The van der Waals surface area contributed by atoms with Crippen molar-refractivity contribution in [1.29, 1.82) is 0 Å². The zero-order valence-corrected chi connectivity index (χ0v) is 24.0. The molecule has 1 saturated carbocycles. The number of amides is 2. The Kier molecular flexibility index (Phi) is 8.69. The molecule has 0 saturated heterocycles. The topological polar surface area (TPSA) is 112 Å². The van der Waals surface area contributed by atoms with Crippen LogP contribution in [0.5, 0.6) is 0 Å². The van der Waals surface area contributed by atoms with Gasteiger partial charge in [0.05, 0.1) is 10.5 Å². The number of carbonyl (C=O) groups excluding carboxylic acids is 1. The number of alkyl halides is 3. The highest BCUT2D eigenvalue weighted by Gasteiger charge is 2.34. The van der Waals surface area contributed by atoms with Gasteiger partial charge in [0.15, 0.2) is 0 Å². The number of carbonyl (C=O) groups is 1. The van der Waals surface area contributed by atoms with Crippen molar-refractivity contribution in [2.75, 3.05) is 10.0 Å². The number of hydrogen-bond acceptors (Lipinski definition) is 5. The highest BCUT2D eigenvalue weighted by atomic mass is 32.2. The molecule has 4 N–H and O–H groups in total. The number of urea groups is 1. The summed E-state index contributed by atoms with van der Waals surface area (Å²) in [6.07, 6.45) is 0.594. The van der Waals surface area contributed by atoms with Gasteiger partial charge in [0.25, 0.3) is 10.0 Å². The molecule has 1 aliphatic carbocycles. The smallest absolute Gasteiger partial charge is 0.334 e. The van der Waals surface area contributed by atoms with Gasteiger partial charge in [-0.1, -0.05) is 36.4 Å². The van der Waals surface area contributed by atoms with Crippen LogP contribution >= 0.6 is 0 Å². The first kappa shape index (κ1) is 30.1. The lowest BCUT2D eigenvalue weighted by atomic mass is 9.94. The molecule has 1 aliphatic rings. The van der Waals surface area contributed by atoms with Crippen molar-refractivity contribution in [1.82, 2.24) is 15.6 Å². The van der Waals surface area contributed by atoms with Crippen molar-refractivity contribution in [3.8, 4) is 11.1 Å². The molecule has 0 aliphatic heterocycles. The summed E-state index contributed by atoms with van der Waals surface area (Å²) >= 11 is 0. The lowest BCUT2D eigenvalue weighted by Gasteiger charge is -2.21. The van der Waals surface area contributed by atoms with E-state index in [1.807, 2.05) is 25.1 Å². The molecular formula is C31H30F3N5O3S. The van der Waals surface area contributed by atoms with E-state index in [1.54, 1.807) is 30.6 Å². The van der Waals surface area contributed by atoms with E-state index >= 15 is 0 Å². The van der Waals surface area contributed by atoms with E-state index in [9.17, 15) is 26.4 Å². The van der Waals surface area contributed by atoms with Crippen LogP contribution in [0, 0.1) is 0 Å². The van der Waals surface area contributed by atoms with Gasteiger partial charge in [-0.2, -0.15) is 13.2 Å². The molecule has 0 radical (unpaired) electrons. The number of benzene rings is 3. The fraction of sp³-hybridized carbons (Fsp3) is 0.226. The molecule has 0 spiro atoms. The molecule has 3 aromatic carbocycles. The number of nitrogens with one attached hydrogen (secondary N) is 4. The molecule has 1 fully saturated rings. The minimum atomic E-state index is -4.74. The monoisotopic (exact) mass is 609 g/mol. The van der Waals surface area contributed by atoms with Gasteiger partial charge in [0, 0.05) is 48.0 Å². The summed E-state index contributed by atoms with van der Waals surface area (Å²) in [6, 6.07) is 19.0. The van der Waals surface area contributed by atoms with Crippen molar-refractivity contribution < 1.29 is 26.4 Å². The average Bonchev–Trinajstić information content (AvgIpc) is 3.81. The lowest BCUT2D eigenvalue weighted by Crippen LogP contribution is -2.28. The minimum Gasteiger partial charge on any atom is -0.334 e. The fourth-order valence-electron chi connectivity index (χ4n) is 4.65. The summed E-state index contributed by atoms with van der Waals surface area (Å²) in [5.74, 6) is 0. The Bertz CT molecular complexity index is 1690. The first-order chi connectivity index (χ1) is 20.5. The van der Waals surface area contributed by atoms with Crippen molar-refractivity contribution in [3.05, 3.63) is 108 Å². The number of halogens is 3. The Morgan fingerprint density at radius 2 is 1.67 bits per heavy atom. The van der Waals surface area contributed by atoms with Gasteiger partial charge in [0.2, 0.25) is 0 Å². The second-order valence-electron chi connectivity index (χ2n) is 10.3.